The lowest BCUT2D eigenvalue weighted by Gasteiger charge is -2.15. The van der Waals surface area contributed by atoms with E-state index in [1.54, 1.807) is 0 Å². The maximum Gasteiger partial charge on any atom is 0.168 e. The Morgan fingerprint density at radius 3 is 1.59 bits per heavy atom. The molecule has 0 fully saturated rings. The van der Waals surface area contributed by atoms with E-state index in [4.69, 9.17) is 9.47 Å². The van der Waals surface area contributed by atoms with Crippen LogP contribution < -0.4 is 9.47 Å². The van der Waals surface area contributed by atoms with E-state index in [1.807, 2.05) is 0 Å². The first-order chi connectivity index (χ1) is 15.9. The van der Waals surface area contributed by atoms with Crippen LogP contribution in [-0.2, 0) is 0 Å². The molecule has 2 heteroatoms. The summed E-state index contributed by atoms with van der Waals surface area (Å²) in [5, 5.41) is 2.39. The molecule has 2 rings (SSSR count). The summed E-state index contributed by atoms with van der Waals surface area (Å²) in [7, 11) is 0. The van der Waals surface area contributed by atoms with E-state index in [1.165, 1.54) is 101 Å². The zero-order valence-electron chi connectivity index (χ0n) is 21.0. The van der Waals surface area contributed by atoms with Crippen molar-refractivity contribution in [1.82, 2.24) is 0 Å². The number of rotatable bonds is 20. The van der Waals surface area contributed by atoms with Gasteiger partial charge in [-0.05, 0) is 24.3 Å². The van der Waals surface area contributed by atoms with Gasteiger partial charge in [-0.15, -0.1) is 0 Å². The second kappa shape index (κ2) is 17.8. The van der Waals surface area contributed by atoms with Crippen LogP contribution in [0.3, 0.4) is 0 Å². The summed E-state index contributed by atoms with van der Waals surface area (Å²) >= 11 is 0. The lowest BCUT2D eigenvalue weighted by atomic mass is 10.1. The molecule has 0 heterocycles. The molecule has 0 aliphatic heterocycles. The van der Waals surface area contributed by atoms with Crippen molar-refractivity contribution in [3.63, 3.8) is 0 Å². The second-order valence-electron chi connectivity index (χ2n) is 9.26. The molecule has 0 spiro atoms. The SMILES string of the molecule is CCCCCCCCCCOc1ccc2ccccc2c1OCCCCCCCCCC. The highest BCUT2D eigenvalue weighted by Crippen LogP contribution is 2.36. The standard InChI is InChI=1S/C30H48O2/c1-3-5-7-9-11-13-15-19-25-31-29-24-23-27-21-17-18-22-28(27)30(29)32-26-20-16-14-12-10-8-6-4-2/h17-18,21-24H,3-16,19-20,25-26H2,1-2H3. The molecule has 180 valence electrons. The molecular weight excluding hydrogens is 392 g/mol. The number of fused-ring (bicyclic) bond motifs is 1. The third-order valence-electron chi connectivity index (χ3n) is 6.34. The third-order valence-corrected chi connectivity index (χ3v) is 6.34. The van der Waals surface area contributed by atoms with Gasteiger partial charge < -0.3 is 9.47 Å². The fraction of sp³-hybridized carbons (Fsp3) is 0.667. The average Bonchev–Trinajstić information content (AvgIpc) is 2.82. The van der Waals surface area contributed by atoms with Gasteiger partial charge in [0.1, 0.15) is 0 Å². The Labute approximate surface area is 198 Å². The number of ether oxygens (including phenoxy) is 2. The molecule has 2 nitrogen and oxygen atoms in total. The molecule has 0 N–H and O–H groups in total. The lowest BCUT2D eigenvalue weighted by molar-refractivity contribution is 0.261. The molecular formula is C30H48O2. The van der Waals surface area contributed by atoms with Crippen LogP contribution in [0.2, 0.25) is 0 Å². The van der Waals surface area contributed by atoms with Crippen LogP contribution in [0.1, 0.15) is 117 Å². The van der Waals surface area contributed by atoms with Crippen LogP contribution in [0, 0.1) is 0 Å². The molecule has 0 unspecified atom stereocenters. The zero-order valence-corrected chi connectivity index (χ0v) is 21.0. The largest absolute Gasteiger partial charge is 0.490 e. The number of unbranched alkanes of at least 4 members (excludes halogenated alkanes) is 14. The smallest absolute Gasteiger partial charge is 0.168 e. The van der Waals surface area contributed by atoms with E-state index < -0.39 is 0 Å². The monoisotopic (exact) mass is 440 g/mol. The molecule has 32 heavy (non-hydrogen) atoms. The summed E-state index contributed by atoms with van der Waals surface area (Å²) in [6.45, 7) is 6.11. The molecule has 0 aliphatic rings. The number of benzene rings is 2. The number of hydrogen-bond acceptors (Lipinski definition) is 2. The molecule has 2 aromatic carbocycles. The summed E-state index contributed by atoms with van der Waals surface area (Å²) in [5.41, 5.74) is 0. The highest BCUT2D eigenvalue weighted by atomic mass is 16.5. The minimum absolute atomic E-state index is 0.775. The summed E-state index contributed by atoms with van der Waals surface area (Å²) in [5.74, 6) is 1.84. The fourth-order valence-corrected chi connectivity index (χ4v) is 4.31. The Bertz CT molecular complexity index is 709. The third kappa shape index (κ3) is 10.7. The first kappa shape index (κ1) is 26.6. The van der Waals surface area contributed by atoms with Gasteiger partial charge in [0.25, 0.3) is 0 Å². The van der Waals surface area contributed by atoms with E-state index in [2.05, 4.69) is 50.2 Å². The normalized spacial score (nSPS) is 11.2. The molecule has 0 aliphatic carbocycles. The van der Waals surface area contributed by atoms with Crippen molar-refractivity contribution in [2.75, 3.05) is 13.2 Å². The Balaban J connectivity index is 1.74. The van der Waals surface area contributed by atoms with Gasteiger partial charge in [-0.2, -0.15) is 0 Å². The van der Waals surface area contributed by atoms with Crippen molar-refractivity contribution in [2.24, 2.45) is 0 Å². The van der Waals surface area contributed by atoms with E-state index in [9.17, 15) is 0 Å². The van der Waals surface area contributed by atoms with Gasteiger partial charge in [-0.3, -0.25) is 0 Å². The van der Waals surface area contributed by atoms with Crippen LogP contribution in [0.25, 0.3) is 10.8 Å². The first-order valence-electron chi connectivity index (χ1n) is 13.6. The van der Waals surface area contributed by atoms with Gasteiger partial charge >= 0.3 is 0 Å². The molecule has 0 radical (unpaired) electrons. The summed E-state index contributed by atoms with van der Waals surface area (Å²) < 4.78 is 12.5. The zero-order chi connectivity index (χ0) is 22.7. The average molecular weight is 441 g/mol. The highest BCUT2D eigenvalue weighted by molar-refractivity contribution is 5.90. The van der Waals surface area contributed by atoms with Gasteiger partial charge in [0.2, 0.25) is 0 Å². The van der Waals surface area contributed by atoms with Gasteiger partial charge in [0.15, 0.2) is 11.5 Å². The van der Waals surface area contributed by atoms with E-state index in [0.717, 1.165) is 37.6 Å². The topological polar surface area (TPSA) is 18.5 Å². The van der Waals surface area contributed by atoms with Crippen molar-refractivity contribution in [3.05, 3.63) is 36.4 Å². The summed E-state index contributed by atoms with van der Waals surface area (Å²) in [4.78, 5) is 0. The molecule has 0 saturated heterocycles. The molecule has 0 bridgehead atoms. The van der Waals surface area contributed by atoms with Gasteiger partial charge in [0.05, 0.1) is 13.2 Å². The van der Waals surface area contributed by atoms with Gasteiger partial charge in [-0.25, -0.2) is 0 Å². The molecule has 2 aromatic rings. The van der Waals surface area contributed by atoms with Crippen LogP contribution in [-0.4, -0.2) is 13.2 Å². The van der Waals surface area contributed by atoms with Gasteiger partial charge in [-0.1, -0.05) is 134 Å². The quantitative estimate of drug-likeness (QED) is 0.191. The van der Waals surface area contributed by atoms with E-state index >= 15 is 0 Å². The molecule has 0 saturated carbocycles. The van der Waals surface area contributed by atoms with Crippen molar-refractivity contribution in [3.8, 4) is 11.5 Å². The Hall–Kier alpha value is -1.70. The second-order valence-corrected chi connectivity index (χ2v) is 9.26. The van der Waals surface area contributed by atoms with Crippen LogP contribution in [0.4, 0.5) is 0 Å². The van der Waals surface area contributed by atoms with E-state index in [-0.39, 0.29) is 0 Å². The highest BCUT2D eigenvalue weighted by Gasteiger charge is 2.10. The maximum atomic E-state index is 6.30. The van der Waals surface area contributed by atoms with Crippen molar-refractivity contribution < 1.29 is 9.47 Å². The number of hydrogen-bond donors (Lipinski definition) is 0. The Morgan fingerprint density at radius 1 is 0.500 bits per heavy atom. The van der Waals surface area contributed by atoms with Crippen molar-refractivity contribution in [2.45, 2.75) is 117 Å². The van der Waals surface area contributed by atoms with Crippen molar-refractivity contribution >= 4 is 10.8 Å². The van der Waals surface area contributed by atoms with Crippen LogP contribution >= 0.6 is 0 Å². The van der Waals surface area contributed by atoms with E-state index in [0.29, 0.717) is 0 Å². The predicted molar refractivity (Wildman–Crippen MR) is 140 cm³/mol. The molecule has 0 amide bonds. The van der Waals surface area contributed by atoms with Crippen LogP contribution in [0.15, 0.2) is 36.4 Å². The predicted octanol–water partition coefficient (Wildman–Crippen LogP) is 9.88. The summed E-state index contributed by atoms with van der Waals surface area (Å²) in [6, 6.07) is 12.7. The minimum atomic E-state index is 0.775. The fourth-order valence-electron chi connectivity index (χ4n) is 4.31. The summed E-state index contributed by atoms with van der Waals surface area (Å²) in [6.07, 6.45) is 21.1. The first-order valence-corrected chi connectivity index (χ1v) is 13.6. The van der Waals surface area contributed by atoms with Crippen molar-refractivity contribution in [1.29, 1.82) is 0 Å². The van der Waals surface area contributed by atoms with Gasteiger partial charge in [0, 0.05) is 5.39 Å². The maximum absolute atomic E-state index is 6.30. The molecule has 0 aromatic heterocycles. The lowest BCUT2D eigenvalue weighted by Crippen LogP contribution is -2.03. The molecule has 0 atom stereocenters. The Morgan fingerprint density at radius 2 is 1.00 bits per heavy atom. The Kier molecular flexibility index (Phi) is 14.8. The minimum Gasteiger partial charge on any atom is -0.490 e. The van der Waals surface area contributed by atoms with Crippen LogP contribution in [0.5, 0.6) is 11.5 Å².